The summed E-state index contributed by atoms with van der Waals surface area (Å²) in [6, 6.07) is 6.17. The van der Waals surface area contributed by atoms with Gasteiger partial charge in [-0.3, -0.25) is 4.79 Å². The van der Waals surface area contributed by atoms with E-state index in [1.807, 2.05) is 0 Å². The molecule has 2 aromatic rings. The van der Waals surface area contributed by atoms with Crippen molar-refractivity contribution in [1.29, 1.82) is 0 Å². The van der Waals surface area contributed by atoms with Gasteiger partial charge in [-0.25, -0.2) is 14.2 Å². The number of aromatic nitrogens is 1. The van der Waals surface area contributed by atoms with Crippen LogP contribution in [0.2, 0.25) is 0 Å². The first-order valence-corrected chi connectivity index (χ1v) is 7.60. The minimum atomic E-state index is -1.15. The highest BCUT2D eigenvalue weighted by molar-refractivity contribution is 7.09. The first kappa shape index (κ1) is 17.0. The zero-order chi connectivity index (χ0) is 16.8. The molecule has 6 nitrogen and oxygen atoms in total. The van der Waals surface area contributed by atoms with Crippen LogP contribution in [-0.4, -0.2) is 41.7 Å². The third-order valence-electron chi connectivity index (χ3n) is 3.04. The van der Waals surface area contributed by atoms with Crippen molar-refractivity contribution < 1.29 is 23.8 Å². The molecule has 0 aliphatic heterocycles. The lowest BCUT2D eigenvalue weighted by atomic mass is 10.1. The number of carbonyl (C=O) groups excluding carboxylic acids is 1. The highest BCUT2D eigenvalue weighted by atomic mass is 32.1. The zero-order valence-corrected chi connectivity index (χ0v) is 13.1. The molecule has 1 heterocycles. The van der Waals surface area contributed by atoms with Crippen LogP contribution in [0.1, 0.15) is 21.1 Å². The topological polar surface area (TPSA) is 88.5 Å². The van der Waals surface area contributed by atoms with Gasteiger partial charge in [0.25, 0.3) is 5.91 Å². The molecule has 0 saturated carbocycles. The molecule has 1 atom stereocenters. The second-order valence-electron chi connectivity index (χ2n) is 4.71. The second-order valence-corrected chi connectivity index (χ2v) is 5.65. The van der Waals surface area contributed by atoms with Crippen molar-refractivity contribution in [3.8, 4) is 0 Å². The number of nitrogens with one attached hydrogen (secondary N) is 1. The van der Waals surface area contributed by atoms with Crippen LogP contribution in [0.3, 0.4) is 0 Å². The van der Waals surface area contributed by atoms with Gasteiger partial charge in [-0.05, 0) is 17.7 Å². The van der Waals surface area contributed by atoms with E-state index in [0.29, 0.717) is 11.4 Å². The van der Waals surface area contributed by atoms with Crippen LogP contribution in [-0.2, 0) is 16.0 Å². The maximum Gasteiger partial charge on any atom is 0.334 e. The number of carboxylic acid groups (broad SMARTS) is 1. The zero-order valence-electron chi connectivity index (χ0n) is 12.3. The van der Waals surface area contributed by atoms with Crippen molar-refractivity contribution in [1.82, 2.24) is 10.3 Å². The number of methoxy groups -OCH3 is 1. The first-order valence-electron chi connectivity index (χ1n) is 6.72. The summed E-state index contributed by atoms with van der Waals surface area (Å²) >= 11 is 1.28. The van der Waals surface area contributed by atoms with Crippen LogP contribution >= 0.6 is 11.3 Å². The van der Waals surface area contributed by atoms with Crippen LogP contribution in [0.4, 0.5) is 4.39 Å². The van der Waals surface area contributed by atoms with Crippen LogP contribution in [0.25, 0.3) is 0 Å². The number of aliphatic carboxylic acids is 1. The predicted octanol–water partition coefficient (Wildman–Crippen LogP) is 1.70. The van der Waals surface area contributed by atoms with Crippen LogP contribution in [0.15, 0.2) is 29.6 Å². The summed E-state index contributed by atoms with van der Waals surface area (Å²) in [5.74, 6) is -1.95. The molecule has 0 aliphatic carbocycles. The lowest BCUT2D eigenvalue weighted by molar-refractivity contribution is -0.148. The Morgan fingerprint density at radius 3 is 2.91 bits per heavy atom. The van der Waals surface area contributed by atoms with Gasteiger partial charge < -0.3 is 15.2 Å². The van der Waals surface area contributed by atoms with E-state index in [1.165, 1.54) is 30.6 Å². The molecule has 122 valence electrons. The SMILES string of the molecule is COC(CNC(=O)c1csc(Cc2cccc(F)c2)n1)C(=O)O. The standard InChI is InChI=1S/C15H15FN2O4S/c1-22-12(15(20)21)7-17-14(19)11-8-23-13(18-11)6-9-3-2-4-10(16)5-9/h2-5,8,12H,6-7H2,1H3,(H,17,19)(H,20,21). The van der Waals surface area contributed by atoms with Crippen molar-refractivity contribution >= 4 is 23.2 Å². The fourth-order valence-electron chi connectivity index (χ4n) is 1.87. The molecular weight excluding hydrogens is 323 g/mol. The van der Waals surface area contributed by atoms with Gasteiger partial charge in [-0.1, -0.05) is 12.1 Å². The largest absolute Gasteiger partial charge is 0.479 e. The number of ether oxygens (including phenoxy) is 1. The molecule has 1 amide bonds. The van der Waals surface area contributed by atoms with E-state index >= 15 is 0 Å². The third-order valence-corrected chi connectivity index (χ3v) is 3.89. The Hall–Kier alpha value is -2.32. The number of halogens is 1. The lowest BCUT2D eigenvalue weighted by Gasteiger charge is -2.10. The Kier molecular flexibility index (Phi) is 5.78. The summed E-state index contributed by atoms with van der Waals surface area (Å²) in [5, 5.41) is 13.5. The highest BCUT2D eigenvalue weighted by Gasteiger charge is 2.18. The van der Waals surface area contributed by atoms with E-state index in [2.05, 4.69) is 10.3 Å². The van der Waals surface area contributed by atoms with Gasteiger partial charge in [-0.2, -0.15) is 0 Å². The monoisotopic (exact) mass is 338 g/mol. The number of hydrogen-bond donors (Lipinski definition) is 2. The molecule has 2 N–H and O–H groups in total. The minimum absolute atomic E-state index is 0.151. The third kappa shape index (κ3) is 4.83. The molecule has 0 spiro atoms. The summed E-state index contributed by atoms with van der Waals surface area (Å²) in [4.78, 5) is 26.9. The molecule has 1 aromatic carbocycles. The molecule has 23 heavy (non-hydrogen) atoms. The Bertz CT molecular complexity index is 704. The molecule has 0 fully saturated rings. The number of benzene rings is 1. The van der Waals surface area contributed by atoms with Gasteiger partial charge in [0.2, 0.25) is 0 Å². The molecule has 0 radical (unpaired) electrons. The average Bonchev–Trinajstić information content (AvgIpc) is 2.96. The van der Waals surface area contributed by atoms with E-state index < -0.39 is 18.0 Å². The normalized spacial score (nSPS) is 11.9. The molecule has 2 rings (SSSR count). The van der Waals surface area contributed by atoms with Crippen molar-refractivity contribution in [3.63, 3.8) is 0 Å². The fourth-order valence-corrected chi connectivity index (χ4v) is 2.67. The lowest BCUT2D eigenvalue weighted by Crippen LogP contribution is -2.37. The molecular formula is C15H15FN2O4S. The quantitative estimate of drug-likeness (QED) is 0.802. The van der Waals surface area contributed by atoms with Crippen LogP contribution in [0.5, 0.6) is 0 Å². The number of nitrogens with zero attached hydrogens (tertiary/aromatic N) is 1. The summed E-state index contributed by atoms with van der Waals surface area (Å²) in [7, 11) is 1.25. The second kappa shape index (κ2) is 7.80. The Labute approximate surface area is 135 Å². The molecule has 0 saturated heterocycles. The van der Waals surface area contributed by atoms with E-state index in [-0.39, 0.29) is 18.1 Å². The number of rotatable bonds is 7. The van der Waals surface area contributed by atoms with Gasteiger partial charge >= 0.3 is 5.97 Å². The highest BCUT2D eigenvalue weighted by Crippen LogP contribution is 2.15. The number of hydrogen-bond acceptors (Lipinski definition) is 5. The smallest absolute Gasteiger partial charge is 0.334 e. The van der Waals surface area contributed by atoms with Crippen molar-refractivity contribution in [3.05, 3.63) is 51.7 Å². The summed E-state index contributed by atoms with van der Waals surface area (Å²) < 4.78 is 17.9. The Morgan fingerprint density at radius 1 is 1.48 bits per heavy atom. The maximum atomic E-state index is 13.1. The van der Waals surface area contributed by atoms with Gasteiger partial charge in [0.05, 0.1) is 11.6 Å². The Balaban J connectivity index is 1.95. The molecule has 1 unspecified atom stereocenters. The van der Waals surface area contributed by atoms with E-state index in [9.17, 15) is 14.0 Å². The number of carbonyl (C=O) groups is 2. The number of thiazole rings is 1. The first-order chi connectivity index (χ1) is 11.0. The van der Waals surface area contributed by atoms with Gasteiger partial charge in [0, 0.05) is 18.9 Å². The summed E-state index contributed by atoms with van der Waals surface area (Å²) in [6.45, 7) is -0.151. The maximum absolute atomic E-state index is 13.1. The van der Waals surface area contributed by atoms with Crippen molar-refractivity contribution in [2.45, 2.75) is 12.5 Å². The average molecular weight is 338 g/mol. The van der Waals surface area contributed by atoms with Crippen molar-refractivity contribution in [2.24, 2.45) is 0 Å². The minimum Gasteiger partial charge on any atom is -0.479 e. The van der Waals surface area contributed by atoms with E-state index in [0.717, 1.165) is 5.56 Å². The van der Waals surface area contributed by atoms with Crippen molar-refractivity contribution in [2.75, 3.05) is 13.7 Å². The van der Waals surface area contributed by atoms with Crippen LogP contribution in [0, 0.1) is 5.82 Å². The summed E-state index contributed by atoms with van der Waals surface area (Å²) in [5.41, 5.74) is 0.957. The van der Waals surface area contributed by atoms with Gasteiger partial charge in [0.1, 0.15) is 11.5 Å². The fraction of sp³-hybridized carbons (Fsp3) is 0.267. The summed E-state index contributed by atoms with van der Waals surface area (Å²) in [6.07, 6.45) is -0.685. The molecule has 0 bridgehead atoms. The molecule has 1 aromatic heterocycles. The van der Waals surface area contributed by atoms with E-state index in [1.54, 1.807) is 17.5 Å². The van der Waals surface area contributed by atoms with Gasteiger partial charge in [0.15, 0.2) is 6.10 Å². The molecule has 8 heteroatoms. The van der Waals surface area contributed by atoms with Crippen LogP contribution < -0.4 is 5.32 Å². The Morgan fingerprint density at radius 2 is 2.26 bits per heavy atom. The number of carboxylic acids is 1. The molecule has 0 aliphatic rings. The van der Waals surface area contributed by atoms with E-state index in [4.69, 9.17) is 9.84 Å². The predicted molar refractivity (Wildman–Crippen MR) is 82.1 cm³/mol. The van der Waals surface area contributed by atoms with Gasteiger partial charge in [-0.15, -0.1) is 11.3 Å². The number of amides is 1.